The number of amides is 1. The summed E-state index contributed by atoms with van der Waals surface area (Å²) in [4.78, 5) is 13.4. The zero-order chi connectivity index (χ0) is 15.5. The van der Waals surface area contributed by atoms with Crippen LogP contribution < -0.4 is 10.3 Å². The fourth-order valence-corrected chi connectivity index (χ4v) is 2.58. The number of hydrogen-bond acceptors (Lipinski definition) is 3. The number of hydrogen-bond donors (Lipinski definition) is 1. The molecule has 0 aromatic heterocycles. The van der Waals surface area contributed by atoms with Gasteiger partial charge in [-0.05, 0) is 29.3 Å². The zero-order valence-electron chi connectivity index (χ0n) is 12.7. The fourth-order valence-electron chi connectivity index (χ4n) is 2.58. The summed E-state index contributed by atoms with van der Waals surface area (Å²) in [5.41, 5.74) is 7.42. The van der Waals surface area contributed by atoms with Gasteiger partial charge in [0.05, 0.1) is 11.7 Å². The molecule has 0 aliphatic carbocycles. The first-order valence-corrected chi connectivity index (χ1v) is 7.24. The van der Waals surface area contributed by atoms with Gasteiger partial charge >= 0.3 is 0 Å². The van der Waals surface area contributed by atoms with Crippen LogP contribution in [0.2, 0.25) is 0 Å². The quantitative estimate of drug-likeness (QED) is 0.881. The maximum absolute atomic E-state index is 11.3. The van der Waals surface area contributed by atoms with Crippen LogP contribution in [-0.4, -0.2) is 25.5 Å². The average molecular weight is 293 g/mol. The first-order chi connectivity index (χ1) is 10.7. The van der Waals surface area contributed by atoms with Crippen molar-refractivity contribution in [3.05, 3.63) is 71.8 Å². The Labute approximate surface area is 130 Å². The Morgan fingerprint density at radius 3 is 2.32 bits per heavy atom. The Morgan fingerprint density at radius 2 is 1.73 bits per heavy atom. The Balaban J connectivity index is 1.90. The minimum atomic E-state index is -0.0813. The third-order valence-corrected chi connectivity index (χ3v) is 3.82. The first kappa shape index (κ1) is 14.2. The minimum Gasteiger partial charge on any atom is -0.378 e. The van der Waals surface area contributed by atoms with Crippen molar-refractivity contribution in [2.24, 2.45) is 0 Å². The molecule has 3 rings (SSSR count). The number of nitrogens with zero attached hydrogens (tertiary/aromatic N) is 2. The summed E-state index contributed by atoms with van der Waals surface area (Å²) < 4.78 is 0. The smallest absolute Gasteiger partial charge is 0.229 e. The molecule has 4 nitrogen and oxygen atoms in total. The van der Waals surface area contributed by atoms with Crippen molar-refractivity contribution >= 4 is 17.8 Å². The molecule has 0 bridgehead atoms. The molecular formula is C18H19N3O. The van der Waals surface area contributed by atoms with Crippen LogP contribution in [0.4, 0.5) is 5.69 Å². The van der Waals surface area contributed by atoms with Crippen molar-refractivity contribution in [1.82, 2.24) is 10.4 Å². The average Bonchev–Trinajstić information content (AvgIpc) is 3.00. The molecule has 22 heavy (non-hydrogen) atoms. The van der Waals surface area contributed by atoms with Gasteiger partial charge in [-0.1, -0.05) is 42.5 Å². The van der Waals surface area contributed by atoms with E-state index in [1.54, 1.807) is 5.01 Å². The Hall–Kier alpha value is -2.75. The van der Waals surface area contributed by atoms with E-state index in [4.69, 9.17) is 0 Å². The molecule has 1 aliphatic rings. The highest BCUT2D eigenvalue weighted by molar-refractivity contribution is 5.71. The van der Waals surface area contributed by atoms with Crippen LogP contribution in [0, 0.1) is 0 Å². The maximum atomic E-state index is 11.3. The number of benzene rings is 2. The molecule has 2 aromatic carbocycles. The molecular weight excluding hydrogens is 274 g/mol. The van der Waals surface area contributed by atoms with E-state index in [1.807, 2.05) is 44.4 Å². The topological polar surface area (TPSA) is 35.6 Å². The normalized spacial score (nSPS) is 16.9. The number of anilines is 1. The van der Waals surface area contributed by atoms with Gasteiger partial charge in [-0.3, -0.25) is 10.2 Å². The number of carbonyl (C=O) groups excluding carboxylic acids is 1. The van der Waals surface area contributed by atoms with Gasteiger partial charge in [0.25, 0.3) is 0 Å². The predicted molar refractivity (Wildman–Crippen MR) is 89.0 cm³/mol. The minimum absolute atomic E-state index is 0.0813. The number of hydrazine groups is 1. The van der Waals surface area contributed by atoms with E-state index in [0.717, 1.165) is 28.9 Å². The molecule has 1 heterocycles. The van der Waals surface area contributed by atoms with E-state index in [-0.39, 0.29) is 6.04 Å². The highest BCUT2D eigenvalue weighted by Gasteiger charge is 2.25. The predicted octanol–water partition coefficient (Wildman–Crippen LogP) is 2.81. The van der Waals surface area contributed by atoms with Gasteiger partial charge in [-0.2, -0.15) is 0 Å². The molecule has 0 fully saturated rings. The van der Waals surface area contributed by atoms with E-state index < -0.39 is 0 Å². The van der Waals surface area contributed by atoms with Crippen LogP contribution in [0.5, 0.6) is 0 Å². The molecule has 0 saturated heterocycles. The monoisotopic (exact) mass is 293 g/mol. The highest BCUT2D eigenvalue weighted by Crippen LogP contribution is 2.30. The molecule has 1 N–H and O–H groups in total. The van der Waals surface area contributed by atoms with Crippen LogP contribution in [-0.2, 0) is 4.79 Å². The molecule has 1 atom stereocenters. The van der Waals surface area contributed by atoms with E-state index in [0.29, 0.717) is 0 Å². The van der Waals surface area contributed by atoms with Gasteiger partial charge in [-0.15, -0.1) is 0 Å². The molecule has 0 radical (unpaired) electrons. The maximum Gasteiger partial charge on any atom is 0.229 e. The molecule has 1 aliphatic heterocycles. The lowest BCUT2D eigenvalue weighted by Gasteiger charge is -2.20. The summed E-state index contributed by atoms with van der Waals surface area (Å²) >= 11 is 0. The molecule has 0 spiro atoms. The number of nitrogens with one attached hydrogen (secondary N) is 1. The van der Waals surface area contributed by atoms with Crippen molar-refractivity contribution < 1.29 is 4.79 Å². The molecule has 0 unspecified atom stereocenters. The standard InChI is InChI=1S/C18H19N3O/c1-20(2)16-10-8-14(9-11-16)17-12-18(21(13-22)19-17)15-6-4-3-5-7-15/h3-13,18-19H,1-2H3/t18-/m1/s1. The van der Waals surface area contributed by atoms with Gasteiger partial charge in [0.2, 0.25) is 6.41 Å². The first-order valence-electron chi connectivity index (χ1n) is 7.24. The molecule has 4 heteroatoms. The van der Waals surface area contributed by atoms with Gasteiger partial charge in [0.1, 0.15) is 0 Å². The Morgan fingerprint density at radius 1 is 1.05 bits per heavy atom. The summed E-state index contributed by atoms with van der Waals surface area (Å²) in [7, 11) is 4.03. The Bertz CT molecular complexity index is 677. The molecule has 1 amide bonds. The second-order valence-corrected chi connectivity index (χ2v) is 5.50. The molecule has 0 saturated carbocycles. The third kappa shape index (κ3) is 2.68. The van der Waals surface area contributed by atoms with E-state index >= 15 is 0 Å². The van der Waals surface area contributed by atoms with E-state index in [1.165, 1.54) is 0 Å². The van der Waals surface area contributed by atoms with Gasteiger partial charge in [-0.25, -0.2) is 5.01 Å². The molecule has 2 aromatic rings. The van der Waals surface area contributed by atoms with Crippen LogP contribution in [0.15, 0.2) is 60.7 Å². The zero-order valence-corrected chi connectivity index (χ0v) is 12.7. The largest absolute Gasteiger partial charge is 0.378 e. The summed E-state index contributed by atoms with van der Waals surface area (Å²) in [5.74, 6) is 0. The van der Waals surface area contributed by atoms with Crippen LogP contribution >= 0.6 is 0 Å². The van der Waals surface area contributed by atoms with E-state index in [9.17, 15) is 4.79 Å². The lowest BCUT2D eigenvalue weighted by Crippen LogP contribution is -2.32. The summed E-state index contributed by atoms with van der Waals surface area (Å²) in [5, 5.41) is 1.59. The van der Waals surface area contributed by atoms with Crippen LogP contribution in [0.1, 0.15) is 17.2 Å². The molecule has 112 valence electrons. The van der Waals surface area contributed by atoms with Crippen molar-refractivity contribution in [2.45, 2.75) is 6.04 Å². The summed E-state index contributed by atoms with van der Waals surface area (Å²) in [6.07, 6.45) is 2.91. The van der Waals surface area contributed by atoms with Crippen molar-refractivity contribution in [3.63, 3.8) is 0 Å². The second-order valence-electron chi connectivity index (χ2n) is 5.50. The van der Waals surface area contributed by atoms with Gasteiger partial charge < -0.3 is 4.90 Å². The van der Waals surface area contributed by atoms with Gasteiger partial charge in [0.15, 0.2) is 0 Å². The lowest BCUT2D eigenvalue weighted by atomic mass is 10.0. The van der Waals surface area contributed by atoms with E-state index in [2.05, 4.69) is 40.7 Å². The van der Waals surface area contributed by atoms with Gasteiger partial charge in [0, 0.05) is 19.8 Å². The highest BCUT2D eigenvalue weighted by atomic mass is 16.1. The van der Waals surface area contributed by atoms with Crippen molar-refractivity contribution in [2.75, 3.05) is 19.0 Å². The van der Waals surface area contributed by atoms with Crippen molar-refractivity contribution in [1.29, 1.82) is 0 Å². The van der Waals surface area contributed by atoms with Crippen molar-refractivity contribution in [3.8, 4) is 0 Å². The second kappa shape index (κ2) is 5.93. The fraction of sp³-hybridized carbons (Fsp3) is 0.167. The third-order valence-electron chi connectivity index (χ3n) is 3.82. The number of rotatable bonds is 4. The SMILES string of the molecule is CN(C)c1ccc(C2=C[C@H](c3ccccc3)N(C=O)N2)cc1. The summed E-state index contributed by atoms with van der Waals surface area (Å²) in [6.45, 7) is 0. The van der Waals surface area contributed by atoms with Crippen LogP contribution in [0.3, 0.4) is 0 Å². The lowest BCUT2D eigenvalue weighted by molar-refractivity contribution is -0.120. The Kier molecular flexibility index (Phi) is 3.83. The van der Waals surface area contributed by atoms with Crippen LogP contribution in [0.25, 0.3) is 5.70 Å². The number of carbonyl (C=O) groups is 1. The summed E-state index contributed by atoms with van der Waals surface area (Å²) in [6, 6.07) is 18.2.